The molecule has 0 saturated carbocycles. The Labute approximate surface area is 153 Å². The van der Waals surface area contributed by atoms with Crippen LogP contribution in [0.5, 0.6) is 5.75 Å². The molecule has 0 spiro atoms. The van der Waals surface area contributed by atoms with Gasteiger partial charge in [0, 0.05) is 16.9 Å². The second-order valence-electron chi connectivity index (χ2n) is 5.56. The number of carbonyl (C=O) groups is 1. The Balaban J connectivity index is 1.48. The zero-order valence-corrected chi connectivity index (χ0v) is 14.3. The minimum Gasteiger partial charge on any atom is -0.508 e. The standard InChI is InChI=1S/C19H14N4O2S/c24-15-3-1-2-12(10-15)19(25)23-14-6-4-13(5-7-14)22-18-17-16(8-9-26-17)20-11-21-18/h1-11,24H,(H,23,25)(H,20,21,22). The molecule has 7 heteroatoms. The number of phenols is 1. The molecule has 2 aromatic carbocycles. The molecule has 0 saturated heterocycles. The number of benzene rings is 2. The second kappa shape index (κ2) is 6.81. The largest absolute Gasteiger partial charge is 0.508 e. The highest BCUT2D eigenvalue weighted by Gasteiger charge is 2.08. The van der Waals surface area contributed by atoms with Crippen LogP contribution in [0.1, 0.15) is 10.4 Å². The third-order valence-corrected chi connectivity index (χ3v) is 4.67. The van der Waals surface area contributed by atoms with E-state index in [9.17, 15) is 9.90 Å². The number of nitrogens with one attached hydrogen (secondary N) is 2. The Kier molecular flexibility index (Phi) is 4.20. The summed E-state index contributed by atoms with van der Waals surface area (Å²) in [7, 11) is 0. The molecule has 0 aliphatic carbocycles. The van der Waals surface area contributed by atoms with Crippen LogP contribution in [0.2, 0.25) is 0 Å². The lowest BCUT2D eigenvalue weighted by Gasteiger charge is -2.09. The molecule has 0 unspecified atom stereocenters. The van der Waals surface area contributed by atoms with Crippen molar-refractivity contribution in [3.63, 3.8) is 0 Å². The highest BCUT2D eigenvalue weighted by atomic mass is 32.1. The summed E-state index contributed by atoms with van der Waals surface area (Å²) in [5.74, 6) is 0.529. The summed E-state index contributed by atoms with van der Waals surface area (Å²) in [6.45, 7) is 0. The molecule has 0 radical (unpaired) electrons. The smallest absolute Gasteiger partial charge is 0.255 e. The second-order valence-corrected chi connectivity index (χ2v) is 6.48. The molecule has 4 aromatic rings. The first-order valence-electron chi connectivity index (χ1n) is 7.85. The summed E-state index contributed by atoms with van der Waals surface area (Å²) >= 11 is 1.58. The van der Waals surface area contributed by atoms with Gasteiger partial charge in [0.2, 0.25) is 0 Å². The zero-order chi connectivity index (χ0) is 17.9. The van der Waals surface area contributed by atoms with Crippen LogP contribution in [0.25, 0.3) is 10.2 Å². The fourth-order valence-electron chi connectivity index (χ4n) is 2.50. The number of fused-ring (bicyclic) bond motifs is 1. The van der Waals surface area contributed by atoms with Gasteiger partial charge in [0.25, 0.3) is 5.91 Å². The molecule has 0 aliphatic heterocycles. The Morgan fingerprint density at radius 2 is 1.81 bits per heavy atom. The third-order valence-electron chi connectivity index (χ3n) is 3.76. The first kappa shape index (κ1) is 16.0. The number of nitrogens with zero attached hydrogens (tertiary/aromatic N) is 2. The first-order chi connectivity index (χ1) is 12.7. The minimum absolute atomic E-state index is 0.0574. The summed E-state index contributed by atoms with van der Waals surface area (Å²) in [6, 6.07) is 15.5. The predicted molar refractivity (Wildman–Crippen MR) is 103 cm³/mol. The van der Waals surface area contributed by atoms with Crippen molar-refractivity contribution in [2.45, 2.75) is 0 Å². The third kappa shape index (κ3) is 3.33. The van der Waals surface area contributed by atoms with Gasteiger partial charge < -0.3 is 15.7 Å². The fraction of sp³-hybridized carbons (Fsp3) is 0. The molecule has 26 heavy (non-hydrogen) atoms. The SMILES string of the molecule is O=C(Nc1ccc(Nc2ncnc3ccsc23)cc1)c1cccc(O)c1. The number of aromatic nitrogens is 2. The molecule has 2 heterocycles. The molecular weight excluding hydrogens is 348 g/mol. The average molecular weight is 362 g/mol. The van der Waals surface area contributed by atoms with Crippen molar-refractivity contribution >= 4 is 44.7 Å². The van der Waals surface area contributed by atoms with Gasteiger partial charge in [-0.25, -0.2) is 9.97 Å². The Morgan fingerprint density at radius 3 is 2.62 bits per heavy atom. The lowest BCUT2D eigenvalue weighted by molar-refractivity contribution is 0.102. The summed E-state index contributed by atoms with van der Waals surface area (Å²) in [6.07, 6.45) is 1.53. The summed E-state index contributed by atoms with van der Waals surface area (Å²) in [5, 5.41) is 17.5. The van der Waals surface area contributed by atoms with Gasteiger partial charge in [0.1, 0.15) is 12.1 Å². The van der Waals surface area contributed by atoms with Crippen molar-refractivity contribution in [3.05, 3.63) is 71.9 Å². The fourth-order valence-corrected chi connectivity index (χ4v) is 3.29. The maximum absolute atomic E-state index is 12.2. The quantitative estimate of drug-likeness (QED) is 0.501. The van der Waals surface area contributed by atoms with E-state index in [1.54, 1.807) is 35.6 Å². The van der Waals surface area contributed by atoms with Crippen molar-refractivity contribution in [1.82, 2.24) is 9.97 Å². The van der Waals surface area contributed by atoms with E-state index < -0.39 is 0 Å². The molecule has 1 amide bonds. The Morgan fingerprint density at radius 1 is 1.00 bits per heavy atom. The van der Waals surface area contributed by atoms with E-state index >= 15 is 0 Å². The van der Waals surface area contributed by atoms with Crippen LogP contribution < -0.4 is 10.6 Å². The van der Waals surface area contributed by atoms with Crippen molar-refractivity contribution in [3.8, 4) is 5.75 Å². The Hall–Kier alpha value is -3.45. The van der Waals surface area contributed by atoms with Gasteiger partial charge in [0.05, 0.1) is 10.2 Å². The van der Waals surface area contributed by atoms with Gasteiger partial charge in [-0.05, 0) is 53.9 Å². The van der Waals surface area contributed by atoms with Crippen LogP contribution in [0.15, 0.2) is 66.3 Å². The van der Waals surface area contributed by atoms with Gasteiger partial charge in [-0.2, -0.15) is 0 Å². The summed E-state index contributed by atoms with van der Waals surface area (Å²) in [5.41, 5.74) is 2.82. The van der Waals surface area contributed by atoms with E-state index in [-0.39, 0.29) is 11.7 Å². The molecule has 3 N–H and O–H groups in total. The van der Waals surface area contributed by atoms with E-state index in [0.29, 0.717) is 11.3 Å². The lowest BCUT2D eigenvalue weighted by atomic mass is 10.2. The molecular formula is C19H14N4O2S. The summed E-state index contributed by atoms with van der Waals surface area (Å²) in [4.78, 5) is 20.7. The topological polar surface area (TPSA) is 87.1 Å². The van der Waals surface area contributed by atoms with Gasteiger partial charge in [-0.3, -0.25) is 4.79 Å². The number of thiophene rings is 1. The molecule has 128 valence electrons. The molecule has 4 rings (SSSR count). The Bertz CT molecular complexity index is 1080. The monoisotopic (exact) mass is 362 g/mol. The van der Waals surface area contributed by atoms with Crippen molar-refractivity contribution < 1.29 is 9.90 Å². The molecule has 2 aromatic heterocycles. The van der Waals surface area contributed by atoms with Crippen molar-refractivity contribution in [2.24, 2.45) is 0 Å². The van der Waals surface area contributed by atoms with Gasteiger partial charge in [0.15, 0.2) is 5.82 Å². The van der Waals surface area contributed by atoms with E-state index in [0.717, 1.165) is 21.7 Å². The lowest BCUT2D eigenvalue weighted by Crippen LogP contribution is -2.11. The highest BCUT2D eigenvalue weighted by molar-refractivity contribution is 7.17. The number of amides is 1. The number of hydrogen-bond donors (Lipinski definition) is 3. The maximum atomic E-state index is 12.2. The number of aromatic hydroxyl groups is 1. The van der Waals surface area contributed by atoms with Crippen molar-refractivity contribution in [1.29, 1.82) is 0 Å². The maximum Gasteiger partial charge on any atom is 0.255 e. The number of rotatable bonds is 4. The predicted octanol–water partition coefficient (Wildman–Crippen LogP) is 4.39. The minimum atomic E-state index is -0.280. The van der Waals surface area contributed by atoms with Crippen LogP contribution in [0.4, 0.5) is 17.2 Å². The zero-order valence-electron chi connectivity index (χ0n) is 13.5. The van der Waals surface area contributed by atoms with E-state index in [1.165, 1.54) is 18.5 Å². The number of anilines is 3. The van der Waals surface area contributed by atoms with Gasteiger partial charge >= 0.3 is 0 Å². The number of hydrogen-bond acceptors (Lipinski definition) is 6. The van der Waals surface area contributed by atoms with E-state index in [2.05, 4.69) is 20.6 Å². The average Bonchev–Trinajstić information content (AvgIpc) is 3.13. The normalized spacial score (nSPS) is 10.6. The van der Waals surface area contributed by atoms with Crippen LogP contribution >= 0.6 is 11.3 Å². The van der Waals surface area contributed by atoms with Crippen LogP contribution in [0.3, 0.4) is 0 Å². The van der Waals surface area contributed by atoms with Crippen molar-refractivity contribution in [2.75, 3.05) is 10.6 Å². The van der Waals surface area contributed by atoms with Gasteiger partial charge in [-0.1, -0.05) is 6.07 Å². The first-order valence-corrected chi connectivity index (χ1v) is 8.73. The number of carbonyl (C=O) groups excluding carboxylic acids is 1. The van der Waals surface area contributed by atoms with E-state index in [4.69, 9.17) is 0 Å². The van der Waals surface area contributed by atoms with Crippen LogP contribution in [-0.2, 0) is 0 Å². The van der Waals surface area contributed by atoms with E-state index in [1.807, 2.05) is 23.6 Å². The molecule has 0 atom stereocenters. The summed E-state index contributed by atoms with van der Waals surface area (Å²) < 4.78 is 0.994. The number of phenolic OH excluding ortho intramolecular Hbond substituents is 1. The molecule has 6 nitrogen and oxygen atoms in total. The molecule has 0 bridgehead atoms. The molecule has 0 aliphatic rings. The molecule has 0 fully saturated rings. The van der Waals surface area contributed by atoms with Crippen LogP contribution in [-0.4, -0.2) is 21.0 Å². The van der Waals surface area contributed by atoms with Crippen LogP contribution in [0, 0.1) is 0 Å². The highest BCUT2D eigenvalue weighted by Crippen LogP contribution is 2.27. The van der Waals surface area contributed by atoms with Gasteiger partial charge in [-0.15, -0.1) is 11.3 Å².